The molecule has 1 aliphatic carbocycles. The van der Waals surface area contributed by atoms with E-state index in [4.69, 9.17) is 11.6 Å². The van der Waals surface area contributed by atoms with Crippen LogP contribution in [-0.4, -0.2) is 0 Å². The monoisotopic (exact) mass is 414 g/mol. The SMILES string of the molecule is CCCCCCCC1CCC(c2ccc(CCc3ccc(Cl)cc3F)cc2)CC1. The Morgan fingerprint density at radius 3 is 2.28 bits per heavy atom. The van der Waals surface area contributed by atoms with Gasteiger partial charge in [0.2, 0.25) is 0 Å². The second-order valence-corrected chi connectivity index (χ2v) is 9.33. The number of halogens is 2. The van der Waals surface area contributed by atoms with Gasteiger partial charge in [-0.3, -0.25) is 0 Å². The summed E-state index contributed by atoms with van der Waals surface area (Å²) in [6.45, 7) is 2.28. The lowest BCUT2D eigenvalue weighted by molar-refractivity contribution is 0.302. The van der Waals surface area contributed by atoms with Crippen LogP contribution in [0.15, 0.2) is 42.5 Å². The van der Waals surface area contributed by atoms with Crippen molar-refractivity contribution in [3.63, 3.8) is 0 Å². The maximum Gasteiger partial charge on any atom is 0.127 e. The number of hydrogen-bond acceptors (Lipinski definition) is 0. The third-order valence-electron chi connectivity index (χ3n) is 6.71. The summed E-state index contributed by atoms with van der Waals surface area (Å²) in [5.41, 5.74) is 3.52. The molecule has 0 heterocycles. The van der Waals surface area contributed by atoms with Crippen molar-refractivity contribution in [2.75, 3.05) is 0 Å². The van der Waals surface area contributed by atoms with E-state index in [1.807, 2.05) is 0 Å². The van der Waals surface area contributed by atoms with Crippen LogP contribution in [0.3, 0.4) is 0 Å². The highest BCUT2D eigenvalue weighted by molar-refractivity contribution is 6.30. The molecule has 158 valence electrons. The normalized spacial score (nSPS) is 19.4. The van der Waals surface area contributed by atoms with Gasteiger partial charge in [-0.25, -0.2) is 4.39 Å². The van der Waals surface area contributed by atoms with Crippen molar-refractivity contribution in [1.82, 2.24) is 0 Å². The Hall–Kier alpha value is -1.34. The first-order chi connectivity index (χ1) is 14.2. The fraction of sp³-hybridized carbons (Fsp3) is 0.556. The molecule has 0 aromatic heterocycles. The van der Waals surface area contributed by atoms with Gasteiger partial charge in [-0.1, -0.05) is 87.4 Å². The van der Waals surface area contributed by atoms with E-state index in [2.05, 4.69) is 31.2 Å². The summed E-state index contributed by atoms with van der Waals surface area (Å²) < 4.78 is 13.9. The molecule has 2 heteroatoms. The van der Waals surface area contributed by atoms with E-state index in [9.17, 15) is 4.39 Å². The van der Waals surface area contributed by atoms with Crippen molar-refractivity contribution in [3.8, 4) is 0 Å². The Bertz CT molecular complexity index is 729. The van der Waals surface area contributed by atoms with Crippen LogP contribution in [0.25, 0.3) is 0 Å². The molecule has 0 spiro atoms. The summed E-state index contributed by atoms with van der Waals surface area (Å²) in [4.78, 5) is 0. The average molecular weight is 415 g/mol. The van der Waals surface area contributed by atoms with E-state index < -0.39 is 0 Å². The highest BCUT2D eigenvalue weighted by Crippen LogP contribution is 2.37. The molecule has 0 bridgehead atoms. The van der Waals surface area contributed by atoms with Gasteiger partial charge in [-0.15, -0.1) is 0 Å². The lowest BCUT2D eigenvalue weighted by Crippen LogP contribution is -2.13. The number of hydrogen-bond donors (Lipinski definition) is 0. The molecule has 0 radical (unpaired) electrons. The second kappa shape index (κ2) is 11.7. The molecule has 0 saturated heterocycles. The third-order valence-corrected chi connectivity index (χ3v) is 6.95. The minimum Gasteiger partial charge on any atom is -0.207 e. The van der Waals surface area contributed by atoms with Crippen LogP contribution < -0.4 is 0 Å². The summed E-state index contributed by atoms with van der Waals surface area (Å²) in [6.07, 6.45) is 15.5. The number of aryl methyl sites for hydroxylation is 2. The molecular formula is C27H36ClF. The summed E-state index contributed by atoms with van der Waals surface area (Å²) >= 11 is 5.84. The van der Waals surface area contributed by atoms with Gasteiger partial charge in [0, 0.05) is 5.02 Å². The second-order valence-electron chi connectivity index (χ2n) is 8.90. The number of benzene rings is 2. The van der Waals surface area contributed by atoms with Gasteiger partial charge in [-0.2, -0.15) is 0 Å². The van der Waals surface area contributed by atoms with Crippen LogP contribution >= 0.6 is 11.6 Å². The number of unbranched alkanes of at least 4 members (excludes halogenated alkanes) is 4. The molecule has 0 amide bonds. The minimum absolute atomic E-state index is 0.198. The van der Waals surface area contributed by atoms with Crippen LogP contribution in [0.4, 0.5) is 4.39 Å². The van der Waals surface area contributed by atoms with Gasteiger partial charge in [0.25, 0.3) is 0 Å². The van der Waals surface area contributed by atoms with E-state index in [1.165, 1.54) is 81.4 Å². The van der Waals surface area contributed by atoms with Gasteiger partial charge in [0.05, 0.1) is 0 Å². The summed E-state index contributed by atoms with van der Waals surface area (Å²) in [5, 5.41) is 0.460. The maximum atomic E-state index is 13.9. The molecule has 0 atom stereocenters. The average Bonchev–Trinajstić information content (AvgIpc) is 2.74. The largest absolute Gasteiger partial charge is 0.207 e. The first kappa shape index (κ1) is 22.3. The predicted molar refractivity (Wildman–Crippen MR) is 123 cm³/mol. The summed E-state index contributed by atoms with van der Waals surface area (Å²) in [6, 6.07) is 14.1. The van der Waals surface area contributed by atoms with Crippen molar-refractivity contribution < 1.29 is 4.39 Å². The molecule has 0 unspecified atom stereocenters. The molecule has 2 aromatic rings. The van der Waals surface area contributed by atoms with Gasteiger partial charge in [-0.05, 0) is 79.2 Å². The summed E-state index contributed by atoms with van der Waals surface area (Å²) in [5.74, 6) is 1.49. The molecule has 29 heavy (non-hydrogen) atoms. The zero-order valence-corrected chi connectivity index (χ0v) is 18.7. The van der Waals surface area contributed by atoms with E-state index in [1.54, 1.807) is 12.1 Å². The van der Waals surface area contributed by atoms with Crippen LogP contribution in [0.1, 0.15) is 93.7 Å². The van der Waals surface area contributed by atoms with Crippen LogP contribution in [0.2, 0.25) is 5.02 Å². The molecule has 0 N–H and O–H groups in total. The lowest BCUT2D eigenvalue weighted by Gasteiger charge is -2.29. The maximum absolute atomic E-state index is 13.9. The van der Waals surface area contributed by atoms with Crippen LogP contribution in [0.5, 0.6) is 0 Å². The lowest BCUT2D eigenvalue weighted by atomic mass is 9.77. The van der Waals surface area contributed by atoms with E-state index in [0.29, 0.717) is 11.4 Å². The number of rotatable bonds is 10. The summed E-state index contributed by atoms with van der Waals surface area (Å²) in [7, 11) is 0. The van der Waals surface area contributed by atoms with Crippen molar-refractivity contribution >= 4 is 11.6 Å². The molecule has 1 fully saturated rings. The quantitative estimate of drug-likeness (QED) is 0.340. The van der Waals surface area contributed by atoms with Crippen molar-refractivity contribution in [1.29, 1.82) is 0 Å². The molecule has 1 aliphatic rings. The Labute approximate surface area is 181 Å². The van der Waals surface area contributed by atoms with Gasteiger partial charge in [0.15, 0.2) is 0 Å². The Morgan fingerprint density at radius 2 is 1.59 bits per heavy atom. The Kier molecular flexibility index (Phi) is 9.05. The molecule has 1 saturated carbocycles. The first-order valence-corrected chi connectivity index (χ1v) is 12.1. The third kappa shape index (κ3) is 7.14. The topological polar surface area (TPSA) is 0 Å². The van der Waals surface area contributed by atoms with E-state index in [0.717, 1.165) is 23.8 Å². The van der Waals surface area contributed by atoms with Crippen LogP contribution in [0, 0.1) is 11.7 Å². The van der Waals surface area contributed by atoms with Gasteiger partial charge < -0.3 is 0 Å². The molecule has 3 rings (SSSR count). The highest BCUT2D eigenvalue weighted by Gasteiger charge is 2.22. The standard InChI is InChI=1S/C27H36ClF/c1-2-3-4-5-6-7-21-8-13-23(14-9-21)24-15-10-22(11-16-24)12-17-25-18-19-26(28)20-27(25)29/h10-11,15-16,18-21,23H,2-9,12-14,17H2,1H3. The van der Waals surface area contributed by atoms with Gasteiger partial charge in [0.1, 0.15) is 5.82 Å². The Morgan fingerprint density at radius 1 is 0.862 bits per heavy atom. The zero-order valence-electron chi connectivity index (χ0n) is 17.9. The van der Waals surface area contributed by atoms with Gasteiger partial charge >= 0.3 is 0 Å². The molecular weight excluding hydrogens is 379 g/mol. The van der Waals surface area contributed by atoms with Crippen molar-refractivity contribution in [2.45, 2.75) is 89.9 Å². The van der Waals surface area contributed by atoms with E-state index in [-0.39, 0.29) is 5.82 Å². The van der Waals surface area contributed by atoms with Crippen molar-refractivity contribution in [3.05, 3.63) is 70.0 Å². The van der Waals surface area contributed by atoms with Crippen LogP contribution in [-0.2, 0) is 12.8 Å². The zero-order chi connectivity index (χ0) is 20.5. The highest BCUT2D eigenvalue weighted by atomic mass is 35.5. The fourth-order valence-corrected chi connectivity index (χ4v) is 4.94. The van der Waals surface area contributed by atoms with Crippen molar-refractivity contribution in [2.24, 2.45) is 5.92 Å². The smallest absolute Gasteiger partial charge is 0.127 e. The Balaban J connectivity index is 1.41. The fourth-order valence-electron chi connectivity index (χ4n) is 4.78. The predicted octanol–water partition coefficient (Wildman–Crippen LogP) is 8.90. The van der Waals surface area contributed by atoms with E-state index >= 15 is 0 Å². The molecule has 2 aromatic carbocycles. The first-order valence-electron chi connectivity index (χ1n) is 11.7. The molecule has 0 aliphatic heterocycles. The minimum atomic E-state index is -0.198. The molecule has 0 nitrogen and oxygen atoms in total.